The second-order valence-corrected chi connectivity index (χ2v) is 10.3. The van der Waals surface area contributed by atoms with Crippen LogP contribution in [0.25, 0.3) is 0 Å². The van der Waals surface area contributed by atoms with Crippen molar-refractivity contribution in [1.29, 1.82) is 0 Å². The number of sulfonamides is 1. The third-order valence-electron chi connectivity index (χ3n) is 4.83. The van der Waals surface area contributed by atoms with Gasteiger partial charge in [0, 0.05) is 18.9 Å². The van der Waals surface area contributed by atoms with Crippen LogP contribution in [0.4, 0.5) is 18.9 Å². The van der Waals surface area contributed by atoms with Crippen molar-refractivity contribution < 1.29 is 31.1 Å². The number of benzene rings is 2. The van der Waals surface area contributed by atoms with Crippen LogP contribution in [0.3, 0.4) is 0 Å². The summed E-state index contributed by atoms with van der Waals surface area (Å²) in [4.78, 5) is 16.6. The number of nitrogens with zero attached hydrogens (tertiary/aromatic N) is 2. The van der Waals surface area contributed by atoms with Gasteiger partial charge in [-0.1, -0.05) is 46.9 Å². The summed E-state index contributed by atoms with van der Waals surface area (Å²) in [5.74, 6) is -0.728. The molecule has 0 fully saturated rings. The topological polar surface area (TPSA) is 76.6 Å². The number of anilines is 1. The molecule has 1 aromatic heterocycles. The smallest absolute Gasteiger partial charge is 0.363 e. The number of aromatic nitrogens is 1. The third kappa shape index (κ3) is 5.57. The highest BCUT2D eigenvalue weighted by Gasteiger charge is 2.36. The minimum absolute atomic E-state index is 0.0321. The molecule has 0 spiro atoms. The maximum atomic E-state index is 13.5. The summed E-state index contributed by atoms with van der Waals surface area (Å²) in [7, 11) is -3.55. The average Bonchev–Trinajstić information content (AvgIpc) is 2.78. The summed E-state index contributed by atoms with van der Waals surface area (Å²) < 4.78 is 72.7. The number of pyridine rings is 1. The van der Waals surface area contributed by atoms with Crippen LogP contribution in [0.1, 0.15) is 27.2 Å². The molecule has 0 atom stereocenters. The van der Waals surface area contributed by atoms with Crippen LogP contribution in [0, 0.1) is 6.92 Å². The van der Waals surface area contributed by atoms with Crippen molar-refractivity contribution in [2.75, 3.05) is 18.1 Å². The lowest BCUT2D eigenvalue weighted by atomic mass is 10.0. The van der Waals surface area contributed by atoms with Crippen LogP contribution in [0.5, 0.6) is 0 Å². The van der Waals surface area contributed by atoms with E-state index in [0.29, 0.717) is 15.9 Å². The Balaban J connectivity index is 2.23. The number of methoxy groups -OCH3 is 1. The first-order chi connectivity index (χ1) is 16.3. The Morgan fingerprint density at radius 1 is 1.11 bits per heavy atom. The standard InChI is InChI=1S/C22H16Cl3F3N2O4S/c1-12-4-3-5-15(19(12)25)21(31)20-18(8-13(23)10-29-20)30(11-34-2)35(32,33)14-6-7-17(24)16(9-14)22(26,27)28/h3-10H,11H2,1-2H3. The number of halogens is 6. The molecule has 0 aliphatic carbocycles. The Morgan fingerprint density at radius 3 is 2.43 bits per heavy atom. The minimum atomic E-state index is -4.91. The molecule has 0 saturated carbocycles. The minimum Gasteiger partial charge on any atom is -0.363 e. The van der Waals surface area contributed by atoms with Crippen molar-refractivity contribution in [1.82, 2.24) is 4.98 Å². The summed E-state index contributed by atoms with van der Waals surface area (Å²) in [6, 6.07) is 7.96. The van der Waals surface area contributed by atoms with Crippen molar-refractivity contribution in [3.05, 3.63) is 86.1 Å². The highest BCUT2D eigenvalue weighted by molar-refractivity contribution is 7.92. The zero-order valence-electron chi connectivity index (χ0n) is 18.0. The van der Waals surface area contributed by atoms with Crippen LogP contribution in [0.2, 0.25) is 15.1 Å². The molecule has 186 valence electrons. The van der Waals surface area contributed by atoms with Crippen molar-refractivity contribution in [2.45, 2.75) is 18.0 Å². The molecule has 3 aromatic rings. The van der Waals surface area contributed by atoms with Gasteiger partial charge in [0.15, 0.2) is 0 Å². The van der Waals surface area contributed by atoms with Gasteiger partial charge in [-0.3, -0.25) is 4.79 Å². The van der Waals surface area contributed by atoms with E-state index in [-0.39, 0.29) is 27.0 Å². The molecule has 0 aliphatic heterocycles. The first kappa shape index (κ1) is 27.2. The van der Waals surface area contributed by atoms with E-state index in [4.69, 9.17) is 39.5 Å². The van der Waals surface area contributed by atoms with Gasteiger partial charge in [0.2, 0.25) is 5.78 Å². The number of aryl methyl sites for hydroxylation is 1. The van der Waals surface area contributed by atoms with Crippen LogP contribution >= 0.6 is 34.8 Å². The number of hydrogen-bond donors (Lipinski definition) is 0. The Kier molecular flexibility index (Phi) is 8.02. The fourth-order valence-corrected chi connectivity index (χ4v) is 5.13. The summed E-state index contributed by atoms with van der Waals surface area (Å²) in [6.07, 6.45) is -3.78. The number of carbonyl (C=O) groups excluding carboxylic acids is 1. The molecule has 2 aromatic carbocycles. The summed E-state index contributed by atoms with van der Waals surface area (Å²) in [5, 5.41) is -0.576. The summed E-state index contributed by atoms with van der Waals surface area (Å²) >= 11 is 17.9. The number of carbonyl (C=O) groups is 1. The van der Waals surface area contributed by atoms with Crippen LogP contribution in [0.15, 0.2) is 53.6 Å². The van der Waals surface area contributed by atoms with Crippen LogP contribution < -0.4 is 4.31 Å². The van der Waals surface area contributed by atoms with E-state index < -0.39 is 44.2 Å². The number of ketones is 1. The van der Waals surface area contributed by atoms with E-state index >= 15 is 0 Å². The zero-order valence-corrected chi connectivity index (χ0v) is 21.1. The van der Waals surface area contributed by atoms with Crippen LogP contribution in [-0.2, 0) is 20.9 Å². The summed E-state index contributed by atoms with van der Waals surface area (Å²) in [6.45, 7) is 1.01. The molecule has 0 unspecified atom stereocenters. The molecule has 0 bridgehead atoms. The van der Waals surface area contributed by atoms with Crippen molar-refractivity contribution in [3.63, 3.8) is 0 Å². The van der Waals surface area contributed by atoms with Crippen molar-refractivity contribution in [2.24, 2.45) is 0 Å². The maximum Gasteiger partial charge on any atom is 0.417 e. The maximum absolute atomic E-state index is 13.5. The number of hydrogen-bond acceptors (Lipinski definition) is 5. The van der Waals surface area contributed by atoms with E-state index in [0.717, 1.165) is 24.4 Å². The largest absolute Gasteiger partial charge is 0.417 e. The third-order valence-corrected chi connectivity index (χ3v) is 7.60. The van der Waals surface area contributed by atoms with E-state index in [1.54, 1.807) is 19.1 Å². The number of rotatable bonds is 7. The fraction of sp³-hybridized carbons (Fsp3) is 0.182. The Bertz CT molecular complexity index is 1400. The normalized spacial score (nSPS) is 12.0. The van der Waals surface area contributed by atoms with Gasteiger partial charge < -0.3 is 4.74 Å². The zero-order chi connectivity index (χ0) is 26.1. The lowest BCUT2D eigenvalue weighted by Crippen LogP contribution is -2.34. The number of ether oxygens (including phenoxy) is 1. The molecular formula is C22H16Cl3F3N2O4S. The number of alkyl halides is 3. The first-order valence-electron chi connectivity index (χ1n) is 9.62. The molecule has 0 amide bonds. The Labute approximate surface area is 214 Å². The highest BCUT2D eigenvalue weighted by atomic mass is 35.5. The molecule has 35 heavy (non-hydrogen) atoms. The van der Waals surface area contributed by atoms with Crippen LogP contribution in [-0.4, -0.2) is 33.0 Å². The predicted octanol–water partition coefficient (Wildman–Crippen LogP) is 6.40. The Hall–Kier alpha value is -2.37. The Morgan fingerprint density at radius 2 is 1.80 bits per heavy atom. The van der Waals surface area contributed by atoms with Gasteiger partial charge in [0.05, 0.1) is 31.2 Å². The van der Waals surface area contributed by atoms with E-state index in [2.05, 4.69) is 4.98 Å². The molecule has 13 heteroatoms. The monoisotopic (exact) mass is 566 g/mol. The summed E-state index contributed by atoms with van der Waals surface area (Å²) in [5.41, 5.74) is -1.37. The van der Waals surface area contributed by atoms with Gasteiger partial charge in [-0.15, -0.1) is 0 Å². The lowest BCUT2D eigenvalue weighted by molar-refractivity contribution is -0.137. The van der Waals surface area contributed by atoms with Gasteiger partial charge in [-0.2, -0.15) is 13.2 Å². The molecule has 0 radical (unpaired) electrons. The first-order valence-corrected chi connectivity index (χ1v) is 12.2. The molecule has 0 saturated heterocycles. The lowest BCUT2D eigenvalue weighted by Gasteiger charge is -2.25. The molecule has 1 heterocycles. The van der Waals surface area contributed by atoms with Crippen molar-refractivity contribution >= 4 is 56.3 Å². The quantitative estimate of drug-likeness (QED) is 0.244. The van der Waals surface area contributed by atoms with Gasteiger partial charge in [0.1, 0.15) is 12.4 Å². The average molecular weight is 568 g/mol. The van der Waals surface area contributed by atoms with Gasteiger partial charge in [-0.25, -0.2) is 17.7 Å². The fourth-order valence-electron chi connectivity index (χ4n) is 3.14. The molecule has 0 N–H and O–H groups in total. The van der Waals surface area contributed by atoms with Gasteiger partial charge in [0.25, 0.3) is 10.0 Å². The second-order valence-electron chi connectivity index (χ2n) is 7.20. The second kappa shape index (κ2) is 10.3. The van der Waals surface area contributed by atoms with Gasteiger partial charge >= 0.3 is 6.18 Å². The molecule has 6 nitrogen and oxygen atoms in total. The SMILES string of the molecule is COCN(c1cc(Cl)cnc1C(=O)c1cccc(C)c1Cl)S(=O)(=O)c1ccc(Cl)c(C(F)(F)F)c1. The van der Waals surface area contributed by atoms with Crippen molar-refractivity contribution in [3.8, 4) is 0 Å². The van der Waals surface area contributed by atoms with E-state index in [1.807, 2.05) is 0 Å². The molecule has 0 aliphatic rings. The highest BCUT2D eigenvalue weighted by Crippen LogP contribution is 2.38. The van der Waals surface area contributed by atoms with E-state index in [1.165, 1.54) is 13.2 Å². The molecule has 3 rings (SSSR count). The van der Waals surface area contributed by atoms with Gasteiger partial charge in [-0.05, 0) is 42.8 Å². The van der Waals surface area contributed by atoms with E-state index in [9.17, 15) is 26.4 Å². The molecular weight excluding hydrogens is 552 g/mol. The predicted molar refractivity (Wildman–Crippen MR) is 127 cm³/mol.